The molecule has 0 aliphatic carbocycles. The quantitative estimate of drug-likeness (QED) is 0.667. The highest BCUT2D eigenvalue weighted by atomic mass is 32.1. The summed E-state index contributed by atoms with van der Waals surface area (Å²) in [7, 11) is 1.46. The number of benzene rings is 1. The average molecular weight is 392 g/mol. The summed E-state index contributed by atoms with van der Waals surface area (Å²) >= 11 is 1.15. The molecule has 0 spiro atoms. The largest absolute Gasteiger partial charge is 0.493 e. The van der Waals surface area contributed by atoms with E-state index in [1.807, 2.05) is 6.92 Å². The summed E-state index contributed by atoms with van der Waals surface area (Å²) in [6.07, 6.45) is -1.09. The molecule has 144 valence electrons. The third-order valence-electron chi connectivity index (χ3n) is 3.52. The number of anilines is 1. The van der Waals surface area contributed by atoms with Gasteiger partial charge in [-0.25, -0.2) is 4.79 Å². The number of primary amides is 1. The van der Waals surface area contributed by atoms with Gasteiger partial charge in [0.15, 0.2) is 17.6 Å². The van der Waals surface area contributed by atoms with Crippen LogP contribution in [-0.4, -0.2) is 37.6 Å². The van der Waals surface area contributed by atoms with E-state index >= 15 is 0 Å². The van der Waals surface area contributed by atoms with Gasteiger partial charge < -0.3 is 25.3 Å². The molecule has 3 N–H and O–H groups in total. The SMILES string of the molecule is CCOc1ccc(C(=O)OC(C)C(=O)Nc2sccc2C(N)=O)cc1OC. The highest BCUT2D eigenvalue weighted by Gasteiger charge is 2.22. The summed E-state index contributed by atoms with van der Waals surface area (Å²) in [4.78, 5) is 35.8. The summed E-state index contributed by atoms with van der Waals surface area (Å²) in [6.45, 7) is 3.71. The summed E-state index contributed by atoms with van der Waals surface area (Å²) in [6, 6.07) is 6.09. The minimum absolute atomic E-state index is 0.197. The van der Waals surface area contributed by atoms with Crippen LogP contribution in [0.1, 0.15) is 34.6 Å². The zero-order chi connectivity index (χ0) is 20.0. The fourth-order valence-corrected chi connectivity index (χ4v) is 2.96. The standard InChI is InChI=1S/C18H20N2O6S/c1-4-25-13-6-5-11(9-14(13)24-3)18(23)26-10(2)16(22)20-17-12(15(19)21)7-8-27-17/h5-10H,4H2,1-3H3,(H2,19,21)(H,20,22). The van der Waals surface area contributed by atoms with E-state index in [0.29, 0.717) is 23.1 Å². The number of nitrogens with two attached hydrogens (primary N) is 1. The lowest BCUT2D eigenvalue weighted by Crippen LogP contribution is -2.30. The maximum absolute atomic E-state index is 12.3. The number of nitrogens with one attached hydrogen (secondary N) is 1. The molecule has 1 heterocycles. The van der Waals surface area contributed by atoms with Gasteiger partial charge >= 0.3 is 5.97 Å². The summed E-state index contributed by atoms with van der Waals surface area (Å²) in [5.41, 5.74) is 5.65. The Labute approximate surface area is 160 Å². The minimum atomic E-state index is -1.09. The molecule has 1 aromatic carbocycles. The number of esters is 1. The molecular formula is C18H20N2O6S. The molecule has 0 radical (unpaired) electrons. The Morgan fingerprint density at radius 1 is 1.22 bits per heavy atom. The smallest absolute Gasteiger partial charge is 0.339 e. The van der Waals surface area contributed by atoms with Crippen molar-refractivity contribution in [1.29, 1.82) is 0 Å². The molecule has 0 aliphatic heterocycles. The first-order valence-corrected chi connectivity index (χ1v) is 8.95. The second-order valence-corrected chi connectivity index (χ2v) is 6.28. The van der Waals surface area contributed by atoms with Crippen molar-refractivity contribution in [3.05, 3.63) is 40.8 Å². The second-order valence-electron chi connectivity index (χ2n) is 5.36. The molecule has 8 nitrogen and oxygen atoms in total. The Balaban J connectivity index is 2.05. The molecule has 0 saturated heterocycles. The van der Waals surface area contributed by atoms with Crippen LogP contribution in [0.3, 0.4) is 0 Å². The van der Waals surface area contributed by atoms with Gasteiger partial charge in [0.25, 0.3) is 11.8 Å². The number of thiophene rings is 1. The van der Waals surface area contributed by atoms with Crippen molar-refractivity contribution >= 4 is 34.1 Å². The van der Waals surface area contributed by atoms with Crippen LogP contribution < -0.4 is 20.5 Å². The fraction of sp³-hybridized carbons (Fsp3) is 0.278. The predicted molar refractivity (Wildman–Crippen MR) is 101 cm³/mol. The number of hydrogen-bond acceptors (Lipinski definition) is 7. The molecule has 0 saturated carbocycles. The summed E-state index contributed by atoms with van der Waals surface area (Å²) in [5, 5.41) is 4.46. The second kappa shape index (κ2) is 9.04. The fourth-order valence-electron chi connectivity index (χ4n) is 2.17. The van der Waals surface area contributed by atoms with Crippen LogP contribution in [0.2, 0.25) is 0 Å². The molecule has 1 unspecified atom stereocenters. The van der Waals surface area contributed by atoms with Crippen LogP contribution in [0.4, 0.5) is 5.00 Å². The first-order valence-electron chi connectivity index (χ1n) is 8.07. The van der Waals surface area contributed by atoms with E-state index in [-0.39, 0.29) is 11.1 Å². The van der Waals surface area contributed by atoms with E-state index < -0.39 is 23.9 Å². The zero-order valence-electron chi connectivity index (χ0n) is 15.1. The Bertz CT molecular complexity index is 848. The molecule has 0 aliphatic rings. The Morgan fingerprint density at radius 2 is 1.96 bits per heavy atom. The predicted octanol–water partition coefficient (Wildman–Crippen LogP) is 2.44. The Morgan fingerprint density at radius 3 is 2.59 bits per heavy atom. The Hall–Kier alpha value is -3.07. The van der Waals surface area contributed by atoms with E-state index in [4.69, 9.17) is 19.9 Å². The molecular weight excluding hydrogens is 372 g/mol. The molecule has 0 bridgehead atoms. The highest BCUT2D eigenvalue weighted by Crippen LogP contribution is 2.28. The molecule has 9 heteroatoms. The number of ether oxygens (including phenoxy) is 3. The van der Waals surface area contributed by atoms with Crippen molar-refractivity contribution in [1.82, 2.24) is 0 Å². The van der Waals surface area contributed by atoms with Crippen LogP contribution in [0.15, 0.2) is 29.6 Å². The third-order valence-corrected chi connectivity index (χ3v) is 4.35. The maximum atomic E-state index is 12.3. The molecule has 27 heavy (non-hydrogen) atoms. The first-order chi connectivity index (χ1) is 12.9. The van der Waals surface area contributed by atoms with Crippen LogP contribution in [0, 0.1) is 0 Å². The molecule has 2 aromatic rings. The number of carbonyl (C=O) groups is 3. The van der Waals surface area contributed by atoms with Gasteiger partial charge in [-0.2, -0.15) is 0 Å². The van der Waals surface area contributed by atoms with E-state index in [1.165, 1.54) is 32.2 Å². The highest BCUT2D eigenvalue weighted by molar-refractivity contribution is 7.14. The van der Waals surface area contributed by atoms with Crippen molar-refractivity contribution < 1.29 is 28.6 Å². The zero-order valence-corrected chi connectivity index (χ0v) is 15.9. The average Bonchev–Trinajstić information content (AvgIpc) is 3.10. The van der Waals surface area contributed by atoms with Crippen LogP contribution in [0.5, 0.6) is 11.5 Å². The molecule has 0 fully saturated rings. The molecule has 1 aromatic heterocycles. The van der Waals surface area contributed by atoms with E-state index in [2.05, 4.69) is 5.32 Å². The number of amides is 2. The minimum Gasteiger partial charge on any atom is -0.493 e. The van der Waals surface area contributed by atoms with Gasteiger partial charge in [-0.15, -0.1) is 11.3 Å². The lowest BCUT2D eigenvalue weighted by molar-refractivity contribution is -0.123. The van der Waals surface area contributed by atoms with Crippen LogP contribution in [0.25, 0.3) is 0 Å². The summed E-state index contributed by atoms with van der Waals surface area (Å²) < 4.78 is 15.8. The lowest BCUT2D eigenvalue weighted by atomic mass is 10.2. The van der Waals surface area contributed by atoms with Crippen molar-refractivity contribution in [2.45, 2.75) is 20.0 Å². The van der Waals surface area contributed by atoms with Gasteiger partial charge in [0.2, 0.25) is 0 Å². The first kappa shape index (κ1) is 20.2. The molecule has 1 atom stereocenters. The van der Waals surface area contributed by atoms with Gasteiger partial charge in [0.05, 0.1) is 24.8 Å². The van der Waals surface area contributed by atoms with Crippen molar-refractivity contribution in [2.75, 3.05) is 19.0 Å². The van der Waals surface area contributed by atoms with Crippen LogP contribution in [-0.2, 0) is 9.53 Å². The van der Waals surface area contributed by atoms with E-state index in [0.717, 1.165) is 11.3 Å². The lowest BCUT2D eigenvalue weighted by Gasteiger charge is -2.14. The number of rotatable bonds is 8. The summed E-state index contributed by atoms with van der Waals surface area (Å²) in [5.74, 6) is -1.05. The number of methoxy groups -OCH3 is 1. The maximum Gasteiger partial charge on any atom is 0.339 e. The van der Waals surface area contributed by atoms with Crippen molar-refractivity contribution in [2.24, 2.45) is 5.73 Å². The number of hydrogen-bond donors (Lipinski definition) is 2. The van der Waals surface area contributed by atoms with Crippen LogP contribution >= 0.6 is 11.3 Å². The van der Waals surface area contributed by atoms with Gasteiger partial charge in [0.1, 0.15) is 5.00 Å². The Kier molecular flexibility index (Phi) is 6.78. The van der Waals surface area contributed by atoms with Crippen molar-refractivity contribution in [3.8, 4) is 11.5 Å². The normalized spacial score (nSPS) is 11.4. The monoisotopic (exact) mass is 392 g/mol. The van der Waals surface area contributed by atoms with Gasteiger partial charge in [-0.1, -0.05) is 0 Å². The van der Waals surface area contributed by atoms with Gasteiger partial charge in [-0.05, 0) is 43.5 Å². The van der Waals surface area contributed by atoms with Crippen molar-refractivity contribution in [3.63, 3.8) is 0 Å². The third kappa shape index (κ3) is 4.98. The van der Waals surface area contributed by atoms with Gasteiger partial charge in [0, 0.05) is 0 Å². The van der Waals surface area contributed by atoms with Gasteiger partial charge in [-0.3, -0.25) is 9.59 Å². The van der Waals surface area contributed by atoms with E-state index in [9.17, 15) is 14.4 Å². The molecule has 2 amide bonds. The van der Waals surface area contributed by atoms with E-state index in [1.54, 1.807) is 11.4 Å². The number of carbonyl (C=O) groups excluding carboxylic acids is 3. The molecule has 2 rings (SSSR count). The topological polar surface area (TPSA) is 117 Å².